The fraction of sp³-hybridized carbons (Fsp3) is 0.500. The first-order valence-electron chi connectivity index (χ1n) is 9.60. The molecule has 26 heavy (non-hydrogen) atoms. The summed E-state index contributed by atoms with van der Waals surface area (Å²) in [5, 5.41) is 12.0. The lowest BCUT2D eigenvalue weighted by atomic mass is 10.0. The van der Waals surface area contributed by atoms with Gasteiger partial charge in [-0.2, -0.15) is 5.10 Å². The summed E-state index contributed by atoms with van der Waals surface area (Å²) in [6.07, 6.45) is 7.31. The molecule has 1 aliphatic heterocycles. The molecule has 1 fully saturated rings. The Morgan fingerprint density at radius 1 is 1.12 bits per heavy atom. The molecule has 0 spiro atoms. The lowest BCUT2D eigenvalue weighted by Crippen LogP contribution is -2.43. The van der Waals surface area contributed by atoms with Gasteiger partial charge >= 0.3 is 0 Å². The molecule has 0 bridgehead atoms. The van der Waals surface area contributed by atoms with E-state index in [4.69, 9.17) is 16.7 Å². The number of nitrogens with one attached hydrogen (secondary N) is 2. The van der Waals surface area contributed by atoms with Gasteiger partial charge in [0.1, 0.15) is 0 Å². The van der Waals surface area contributed by atoms with Gasteiger partial charge in [0.05, 0.1) is 5.69 Å². The quantitative estimate of drug-likeness (QED) is 0.813. The van der Waals surface area contributed by atoms with E-state index in [0.717, 1.165) is 62.9 Å². The van der Waals surface area contributed by atoms with Gasteiger partial charge in [0.2, 0.25) is 0 Å². The number of aromatic nitrogens is 2. The summed E-state index contributed by atoms with van der Waals surface area (Å²) in [5.41, 5.74) is 3.88. The third kappa shape index (κ3) is 3.64. The summed E-state index contributed by atoms with van der Waals surface area (Å²) in [6.45, 7) is 1.92. The molecular weight excluding hydrogens is 348 g/mol. The number of hydrogen-bond acceptors (Lipinski definition) is 3. The minimum atomic E-state index is -0.0252. The molecule has 0 unspecified atom stereocenters. The first kappa shape index (κ1) is 17.6. The Bertz CT molecular complexity index is 778. The number of hydrogen-bond donors (Lipinski definition) is 2. The third-order valence-electron chi connectivity index (χ3n) is 5.39. The summed E-state index contributed by atoms with van der Waals surface area (Å²) >= 11 is 6.03. The Hall–Kier alpha value is -1.85. The summed E-state index contributed by atoms with van der Waals surface area (Å²) < 4.78 is 1.95. The van der Waals surface area contributed by atoms with Crippen molar-refractivity contribution in [3.63, 3.8) is 0 Å². The van der Waals surface area contributed by atoms with Crippen LogP contribution in [0.3, 0.4) is 0 Å². The van der Waals surface area contributed by atoms with Crippen molar-refractivity contribution in [2.75, 3.05) is 13.1 Å². The van der Waals surface area contributed by atoms with Crippen LogP contribution in [-0.2, 0) is 12.8 Å². The maximum absolute atomic E-state index is 13.0. The van der Waals surface area contributed by atoms with E-state index in [1.54, 1.807) is 0 Å². The molecule has 2 aromatic rings. The molecule has 138 valence electrons. The maximum Gasteiger partial charge on any atom is 0.272 e. The van der Waals surface area contributed by atoms with Gasteiger partial charge in [0.25, 0.3) is 5.91 Å². The standard InChI is InChI=1S/C20H25ClN4O/c21-14-6-8-16(9-7-14)25-18-5-3-1-2-4-17(18)19(24-25)20(26)23-15-10-12-22-13-11-15/h6-9,15,22H,1-5,10-13H2,(H,23,26). The predicted molar refractivity (Wildman–Crippen MR) is 103 cm³/mol. The van der Waals surface area contributed by atoms with Gasteiger partial charge in [-0.3, -0.25) is 4.79 Å². The molecule has 1 saturated heterocycles. The van der Waals surface area contributed by atoms with Crippen LogP contribution in [0.15, 0.2) is 24.3 Å². The highest BCUT2D eigenvalue weighted by Gasteiger charge is 2.26. The Labute approximate surface area is 159 Å². The molecule has 1 aromatic heterocycles. The van der Waals surface area contributed by atoms with Crippen molar-refractivity contribution in [1.82, 2.24) is 20.4 Å². The molecule has 1 aliphatic carbocycles. The molecule has 2 aliphatic rings. The number of benzene rings is 1. The van der Waals surface area contributed by atoms with Gasteiger partial charge in [0.15, 0.2) is 5.69 Å². The van der Waals surface area contributed by atoms with Crippen LogP contribution in [-0.4, -0.2) is 34.8 Å². The van der Waals surface area contributed by atoms with E-state index < -0.39 is 0 Å². The highest BCUT2D eigenvalue weighted by molar-refractivity contribution is 6.30. The first-order chi connectivity index (χ1) is 12.7. The predicted octanol–water partition coefficient (Wildman–Crippen LogP) is 3.28. The number of halogens is 1. The second-order valence-electron chi connectivity index (χ2n) is 7.22. The van der Waals surface area contributed by atoms with E-state index in [0.29, 0.717) is 10.7 Å². The molecule has 0 radical (unpaired) electrons. The van der Waals surface area contributed by atoms with Crippen LogP contribution in [0.4, 0.5) is 0 Å². The number of piperidine rings is 1. The second kappa shape index (κ2) is 7.80. The zero-order chi connectivity index (χ0) is 17.9. The Balaban J connectivity index is 1.67. The van der Waals surface area contributed by atoms with Gasteiger partial charge in [-0.25, -0.2) is 4.68 Å². The molecule has 6 heteroatoms. The van der Waals surface area contributed by atoms with E-state index >= 15 is 0 Å². The van der Waals surface area contributed by atoms with Crippen molar-refractivity contribution in [2.24, 2.45) is 0 Å². The molecule has 5 nitrogen and oxygen atoms in total. The summed E-state index contributed by atoms with van der Waals surface area (Å²) in [7, 11) is 0. The number of fused-ring (bicyclic) bond motifs is 1. The first-order valence-corrected chi connectivity index (χ1v) is 9.98. The minimum Gasteiger partial charge on any atom is -0.348 e. The summed E-state index contributed by atoms with van der Waals surface area (Å²) in [4.78, 5) is 13.0. The van der Waals surface area contributed by atoms with Crippen molar-refractivity contribution in [1.29, 1.82) is 0 Å². The number of carbonyl (C=O) groups excluding carboxylic acids is 1. The van der Waals surface area contributed by atoms with Crippen LogP contribution in [0, 0.1) is 0 Å². The van der Waals surface area contributed by atoms with Crippen molar-refractivity contribution in [2.45, 2.75) is 51.0 Å². The summed E-state index contributed by atoms with van der Waals surface area (Å²) in [5.74, 6) is -0.0252. The molecule has 0 atom stereocenters. The largest absolute Gasteiger partial charge is 0.348 e. The SMILES string of the molecule is O=C(NC1CCNCC1)c1nn(-c2ccc(Cl)cc2)c2c1CCCCC2. The summed E-state index contributed by atoms with van der Waals surface area (Å²) in [6, 6.07) is 7.92. The molecule has 4 rings (SSSR count). The number of carbonyl (C=O) groups is 1. The molecule has 2 heterocycles. The molecule has 1 aromatic carbocycles. The van der Waals surface area contributed by atoms with E-state index in [-0.39, 0.29) is 11.9 Å². The van der Waals surface area contributed by atoms with Crippen molar-refractivity contribution >= 4 is 17.5 Å². The molecule has 2 N–H and O–H groups in total. The normalized spacial score (nSPS) is 18.2. The Kier molecular flexibility index (Phi) is 5.27. The van der Waals surface area contributed by atoms with Crippen molar-refractivity contribution in [3.05, 3.63) is 46.2 Å². The monoisotopic (exact) mass is 372 g/mol. The zero-order valence-corrected chi connectivity index (χ0v) is 15.7. The fourth-order valence-electron chi connectivity index (χ4n) is 3.97. The van der Waals surface area contributed by atoms with E-state index in [9.17, 15) is 4.79 Å². The maximum atomic E-state index is 13.0. The number of rotatable bonds is 3. The third-order valence-corrected chi connectivity index (χ3v) is 5.64. The lowest BCUT2D eigenvalue weighted by Gasteiger charge is -2.23. The van der Waals surface area contributed by atoms with Gasteiger partial charge in [-0.15, -0.1) is 0 Å². The molecular formula is C20H25ClN4O. The minimum absolute atomic E-state index is 0.0252. The Morgan fingerprint density at radius 2 is 1.85 bits per heavy atom. The van der Waals surface area contributed by atoms with Gasteiger partial charge in [-0.1, -0.05) is 18.0 Å². The lowest BCUT2D eigenvalue weighted by molar-refractivity contribution is 0.0923. The van der Waals surface area contributed by atoms with E-state index in [2.05, 4.69) is 10.6 Å². The average molecular weight is 373 g/mol. The van der Waals surface area contributed by atoms with Crippen LogP contribution < -0.4 is 10.6 Å². The van der Waals surface area contributed by atoms with Gasteiger partial charge in [0, 0.05) is 22.3 Å². The smallest absolute Gasteiger partial charge is 0.272 e. The molecule has 1 amide bonds. The van der Waals surface area contributed by atoms with Crippen LogP contribution >= 0.6 is 11.6 Å². The highest BCUT2D eigenvalue weighted by atomic mass is 35.5. The van der Waals surface area contributed by atoms with Crippen LogP contribution in [0.5, 0.6) is 0 Å². The van der Waals surface area contributed by atoms with Crippen molar-refractivity contribution in [3.8, 4) is 5.69 Å². The van der Waals surface area contributed by atoms with E-state index in [1.165, 1.54) is 12.1 Å². The second-order valence-corrected chi connectivity index (χ2v) is 7.66. The Morgan fingerprint density at radius 3 is 2.62 bits per heavy atom. The average Bonchev–Trinajstić information content (AvgIpc) is 2.85. The highest BCUT2D eigenvalue weighted by Crippen LogP contribution is 2.27. The van der Waals surface area contributed by atoms with Gasteiger partial charge in [-0.05, 0) is 75.9 Å². The van der Waals surface area contributed by atoms with E-state index in [1.807, 2.05) is 28.9 Å². The zero-order valence-electron chi connectivity index (χ0n) is 14.9. The van der Waals surface area contributed by atoms with Crippen LogP contribution in [0.1, 0.15) is 53.8 Å². The number of nitrogens with zero attached hydrogens (tertiary/aromatic N) is 2. The molecule has 0 saturated carbocycles. The van der Waals surface area contributed by atoms with Crippen LogP contribution in [0.25, 0.3) is 5.69 Å². The van der Waals surface area contributed by atoms with Gasteiger partial charge < -0.3 is 10.6 Å². The number of amides is 1. The fourth-order valence-corrected chi connectivity index (χ4v) is 4.10. The van der Waals surface area contributed by atoms with Crippen LogP contribution in [0.2, 0.25) is 5.02 Å². The topological polar surface area (TPSA) is 59.0 Å². The van der Waals surface area contributed by atoms with Crippen molar-refractivity contribution < 1.29 is 4.79 Å².